The van der Waals surface area contributed by atoms with Crippen LogP contribution in [-0.2, 0) is 4.74 Å². The van der Waals surface area contributed by atoms with Gasteiger partial charge in [0.15, 0.2) is 12.3 Å². The third-order valence-corrected chi connectivity index (χ3v) is 4.38. The number of ketones is 1. The maximum atomic E-state index is 12.2. The maximum absolute atomic E-state index is 12.2. The number of Topliss-reactive ketones (excluding diaryl/α,β-unsaturated/α-hetero) is 1. The number of rotatable bonds is 4. The summed E-state index contributed by atoms with van der Waals surface area (Å²) in [6, 6.07) is 5.48. The molecule has 0 unspecified atom stereocenters. The van der Waals surface area contributed by atoms with Crippen molar-refractivity contribution in [1.82, 2.24) is 4.98 Å². The van der Waals surface area contributed by atoms with Crippen LogP contribution in [0.3, 0.4) is 0 Å². The van der Waals surface area contributed by atoms with E-state index in [0.29, 0.717) is 5.56 Å². The number of carbonyl (C=O) groups is 2. The number of pyridine rings is 1. The molecule has 0 radical (unpaired) electrons. The van der Waals surface area contributed by atoms with Crippen molar-refractivity contribution in [2.24, 2.45) is 0 Å². The summed E-state index contributed by atoms with van der Waals surface area (Å²) in [5, 5.41) is 0.0270. The standard InChI is InChI=1S/C16H12Cl3NO3/c1-8-3-4-9(2)10(5-8)12(21)7-23-16(22)15-14(19)13(18)11(17)6-20-15/h3-6H,7H2,1-2H3. The van der Waals surface area contributed by atoms with E-state index in [2.05, 4.69) is 4.98 Å². The predicted molar refractivity (Wildman–Crippen MR) is 89.8 cm³/mol. The molecule has 4 nitrogen and oxygen atoms in total. The van der Waals surface area contributed by atoms with E-state index in [0.717, 1.165) is 11.1 Å². The minimum absolute atomic E-state index is 0.0103. The third kappa shape index (κ3) is 4.02. The second-order valence-electron chi connectivity index (χ2n) is 4.90. The van der Waals surface area contributed by atoms with E-state index in [1.54, 1.807) is 6.07 Å². The van der Waals surface area contributed by atoms with E-state index < -0.39 is 12.6 Å². The van der Waals surface area contributed by atoms with Crippen LogP contribution in [0.4, 0.5) is 0 Å². The number of hydrogen-bond acceptors (Lipinski definition) is 4. The van der Waals surface area contributed by atoms with Gasteiger partial charge in [-0.3, -0.25) is 4.79 Å². The van der Waals surface area contributed by atoms with Gasteiger partial charge in [0.1, 0.15) is 0 Å². The maximum Gasteiger partial charge on any atom is 0.358 e. The molecule has 0 saturated carbocycles. The Labute approximate surface area is 148 Å². The van der Waals surface area contributed by atoms with Crippen molar-refractivity contribution in [3.05, 3.63) is 61.8 Å². The van der Waals surface area contributed by atoms with Crippen LogP contribution in [-0.4, -0.2) is 23.3 Å². The highest BCUT2D eigenvalue weighted by molar-refractivity contribution is 6.48. The third-order valence-electron chi connectivity index (χ3n) is 3.14. The van der Waals surface area contributed by atoms with Crippen LogP contribution in [0.1, 0.15) is 32.0 Å². The van der Waals surface area contributed by atoms with Crippen molar-refractivity contribution < 1.29 is 14.3 Å². The van der Waals surface area contributed by atoms with Crippen molar-refractivity contribution in [3.8, 4) is 0 Å². The second kappa shape index (κ2) is 7.30. The van der Waals surface area contributed by atoms with Gasteiger partial charge in [-0.15, -0.1) is 0 Å². The first-order valence-corrected chi connectivity index (χ1v) is 7.71. The number of carbonyl (C=O) groups excluding carboxylic acids is 2. The minimum Gasteiger partial charge on any atom is -0.453 e. The summed E-state index contributed by atoms with van der Waals surface area (Å²) < 4.78 is 4.98. The first-order valence-electron chi connectivity index (χ1n) is 6.58. The largest absolute Gasteiger partial charge is 0.453 e. The molecular formula is C16H12Cl3NO3. The summed E-state index contributed by atoms with van der Waals surface area (Å²) in [4.78, 5) is 28.0. The number of hydrogen-bond donors (Lipinski definition) is 0. The van der Waals surface area contributed by atoms with Crippen molar-refractivity contribution in [2.45, 2.75) is 13.8 Å². The Morgan fingerprint density at radius 3 is 2.52 bits per heavy atom. The van der Waals surface area contributed by atoms with Crippen molar-refractivity contribution in [3.63, 3.8) is 0 Å². The van der Waals surface area contributed by atoms with Crippen LogP contribution in [0.5, 0.6) is 0 Å². The number of esters is 1. The molecule has 0 aliphatic carbocycles. The molecule has 2 aromatic rings. The quantitative estimate of drug-likeness (QED) is 0.576. The average Bonchev–Trinajstić information content (AvgIpc) is 2.52. The average molecular weight is 373 g/mol. The SMILES string of the molecule is Cc1ccc(C)c(C(=O)COC(=O)c2ncc(Cl)c(Cl)c2Cl)c1. The lowest BCUT2D eigenvalue weighted by atomic mass is 10.0. The van der Waals surface area contributed by atoms with Crippen LogP contribution in [0.25, 0.3) is 0 Å². The molecule has 2 rings (SSSR count). The Bertz CT molecular complexity index is 790. The van der Waals surface area contributed by atoms with Gasteiger partial charge in [-0.1, -0.05) is 52.5 Å². The number of nitrogens with zero attached hydrogens (tertiary/aromatic N) is 1. The van der Waals surface area contributed by atoms with Crippen LogP contribution in [0.15, 0.2) is 24.4 Å². The highest BCUT2D eigenvalue weighted by Gasteiger charge is 2.20. The summed E-state index contributed by atoms with van der Waals surface area (Å²) in [6.07, 6.45) is 1.19. The molecule has 120 valence electrons. The summed E-state index contributed by atoms with van der Waals surface area (Å²) in [5.74, 6) is -1.15. The topological polar surface area (TPSA) is 56.3 Å². The van der Waals surface area contributed by atoms with Gasteiger partial charge in [-0.25, -0.2) is 9.78 Å². The highest BCUT2D eigenvalue weighted by atomic mass is 35.5. The summed E-state index contributed by atoms with van der Waals surface area (Å²) >= 11 is 17.5. The minimum atomic E-state index is -0.841. The summed E-state index contributed by atoms with van der Waals surface area (Å²) in [7, 11) is 0. The molecule has 0 saturated heterocycles. The van der Waals surface area contributed by atoms with Gasteiger partial charge in [-0.05, 0) is 25.5 Å². The Morgan fingerprint density at radius 1 is 1.13 bits per heavy atom. The lowest BCUT2D eigenvalue weighted by Crippen LogP contribution is -2.16. The van der Waals surface area contributed by atoms with E-state index in [-0.39, 0.29) is 26.5 Å². The van der Waals surface area contributed by atoms with E-state index in [4.69, 9.17) is 39.5 Å². The van der Waals surface area contributed by atoms with Gasteiger partial charge in [0.2, 0.25) is 5.78 Å². The zero-order valence-electron chi connectivity index (χ0n) is 12.3. The molecule has 0 atom stereocenters. The Balaban J connectivity index is 2.12. The number of benzene rings is 1. The number of aryl methyl sites for hydroxylation is 2. The Hall–Kier alpha value is -1.62. The van der Waals surface area contributed by atoms with E-state index >= 15 is 0 Å². The number of ether oxygens (including phenoxy) is 1. The van der Waals surface area contributed by atoms with Gasteiger partial charge in [0.25, 0.3) is 0 Å². The zero-order chi connectivity index (χ0) is 17.1. The first-order chi connectivity index (χ1) is 10.8. The van der Waals surface area contributed by atoms with Crippen molar-refractivity contribution in [2.75, 3.05) is 6.61 Å². The monoisotopic (exact) mass is 371 g/mol. The fraction of sp³-hybridized carbons (Fsp3) is 0.188. The number of halogens is 3. The highest BCUT2D eigenvalue weighted by Crippen LogP contribution is 2.31. The molecule has 0 N–H and O–H groups in total. The van der Waals surface area contributed by atoms with E-state index in [1.165, 1.54) is 6.20 Å². The molecule has 7 heteroatoms. The molecule has 1 heterocycles. The predicted octanol–water partition coefficient (Wildman–Crippen LogP) is 4.70. The summed E-state index contributed by atoms with van der Waals surface area (Å²) in [5.41, 5.74) is 2.07. The fourth-order valence-corrected chi connectivity index (χ4v) is 2.46. The first kappa shape index (κ1) is 17.7. The molecular weight excluding hydrogens is 361 g/mol. The Morgan fingerprint density at radius 2 is 1.83 bits per heavy atom. The zero-order valence-corrected chi connectivity index (χ0v) is 14.6. The molecule has 0 fully saturated rings. The van der Waals surface area contributed by atoms with Gasteiger partial charge in [-0.2, -0.15) is 0 Å². The smallest absolute Gasteiger partial charge is 0.358 e. The van der Waals surface area contributed by atoms with Gasteiger partial charge in [0, 0.05) is 11.8 Å². The lowest BCUT2D eigenvalue weighted by molar-refractivity contribution is 0.0469. The number of aromatic nitrogens is 1. The molecule has 0 aliphatic rings. The molecule has 1 aromatic carbocycles. The van der Waals surface area contributed by atoms with E-state index in [9.17, 15) is 9.59 Å². The molecule has 23 heavy (non-hydrogen) atoms. The van der Waals surface area contributed by atoms with Crippen LogP contribution in [0.2, 0.25) is 15.1 Å². The van der Waals surface area contributed by atoms with Crippen molar-refractivity contribution >= 4 is 46.6 Å². The lowest BCUT2D eigenvalue weighted by Gasteiger charge is -2.08. The van der Waals surface area contributed by atoms with Gasteiger partial charge >= 0.3 is 5.97 Å². The van der Waals surface area contributed by atoms with Crippen LogP contribution in [0, 0.1) is 13.8 Å². The molecule has 1 aromatic heterocycles. The fourth-order valence-electron chi connectivity index (χ4n) is 1.90. The normalized spacial score (nSPS) is 10.5. The van der Waals surface area contributed by atoms with Crippen LogP contribution < -0.4 is 0 Å². The second-order valence-corrected chi connectivity index (χ2v) is 6.06. The molecule has 0 bridgehead atoms. The molecule has 0 aliphatic heterocycles. The molecule has 0 spiro atoms. The van der Waals surface area contributed by atoms with Gasteiger partial charge < -0.3 is 4.74 Å². The van der Waals surface area contributed by atoms with Crippen LogP contribution >= 0.6 is 34.8 Å². The Kier molecular flexibility index (Phi) is 5.63. The van der Waals surface area contributed by atoms with Crippen molar-refractivity contribution in [1.29, 1.82) is 0 Å². The van der Waals surface area contributed by atoms with Gasteiger partial charge in [0.05, 0.1) is 15.1 Å². The summed E-state index contributed by atoms with van der Waals surface area (Å²) in [6.45, 7) is 3.27. The molecule has 0 amide bonds. The van der Waals surface area contributed by atoms with E-state index in [1.807, 2.05) is 26.0 Å².